The summed E-state index contributed by atoms with van der Waals surface area (Å²) < 4.78 is 1.91. The number of carbonyl (C=O) groups is 2. The SMILES string of the molecule is Cn1c(C(=O)NC2CCN(C(=O)c3ccc(Cl)nc3)CC2)cc2ccccc21. The van der Waals surface area contributed by atoms with Crippen LogP contribution in [0.1, 0.15) is 33.7 Å². The summed E-state index contributed by atoms with van der Waals surface area (Å²) in [7, 11) is 1.90. The molecule has 1 aliphatic rings. The van der Waals surface area contributed by atoms with Crippen LogP contribution in [0.2, 0.25) is 5.15 Å². The molecule has 1 N–H and O–H groups in total. The molecule has 0 bridgehead atoms. The average Bonchev–Trinajstić information content (AvgIpc) is 3.06. The van der Waals surface area contributed by atoms with Crippen molar-refractivity contribution in [2.45, 2.75) is 18.9 Å². The van der Waals surface area contributed by atoms with Gasteiger partial charge in [-0.15, -0.1) is 0 Å². The number of amides is 2. The van der Waals surface area contributed by atoms with Gasteiger partial charge in [0.2, 0.25) is 0 Å². The second kappa shape index (κ2) is 7.64. The fourth-order valence-electron chi connectivity index (χ4n) is 3.68. The fourth-order valence-corrected chi connectivity index (χ4v) is 3.79. The van der Waals surface area contributed by atoms with Crippen LogP contribution < -0.4 is 5.32 Å². The number of benzene rings is 1. The molecule has 6 nitrogen and oxygen atoms in total. The summed E-state index contributed by atoms with van der Waals surface area (Å²) in [6.45, 7) is 1.20. The number of carbonyl (C=O) groups excluding carboxylic acids is 2. The van der Waals surface area contributed by atoms with E-state index in [0.29, 0.717) is 29.5 Å². The van der Waals surface area contributed by atoms with E-state index >= 15 is 0 Å². The number of rotatable bonds is 3. The van der Waals surface area contributed by atoms with E-state index in [9.17, 15) is 9.59 Å². The zero-order chi connectivity index (χ0) is 19.7. The van der Waals surface area contributed by atoms with Crippen LogP contribution in [0.4, 0.5) is 0 Å². The molecule has 7 heteroatoms. The molecule has 0 aliphatic carbocycles. The number of pyridine rings is 1. The van der Waals surface area contributed by atoms with Crippen molar-refractivity contribution in [2.24, 2.45) is 7.05 Å². The number of halogens is 1. The van der Waals surface area contributed by atoms with E-state index in [2.05, 4.69) is 10.3 Å². The fraction of sp³-hybridized carbons (Fsp3) is 0.286. The third-order valence-electron chi connectivity index (χ3n) is 5.28. The monoisotopic (exact) mass is 396 g/mol. The number of fused-ring (bicyclic) bond motifs is 1. The lowest BCUT2D eigenvalue weighted by molar-refractivity contribution is 0.0697. The van der Waals surface area contributed by atoms with Gasteiger partial charge in [0.25, 0.3) is 11.8 Å². The van der Waals surface area contributed by atoms with Gasteiger partial charge >= 0.3 is 0 Å². The van der Waals surface area contributed by atoms with Crippen LogP contribution in [-0.4, -0.2) is 45.4 Å². The molecule has 0 saturated carbocycles. The van der Waals surface area contributed by atoms with Crippen molar-refractivity contribution < 1.29 is 9.59 Å². The van der Waals surface area contributed by atoms with Gasteiger partial charge < -0.3 is 14.8 Å². The zero-order valence-electron chi connectivity index (χ0n) is 15.6. The first-order chi connectivity index (χ1) is 13.5. The smallest absolute Gasteiger partial charge is 0.268 e. The van der Waals surface area contributed by atoms with Gasteiger partial charge in [0.05, 0.1) is 5.56 Å². The van der Waals surface area contributed by atoms with Crippen LogP contribution in [0.15, 0.2) is 48.7 Å². The van der Waals surface area contributed by atoms with E-state index < -0.39 is 0 Å². The third kappa shape index (κ3) is 3.60. The summed E-state index contributed by atoms with van der Waals surface area (Å²) in [5.74, 6) is -0.131. The molecule has 2 aromatic heterocycles. The van der Waals surface area contributed by atoms with Crippen LogP contribution >= 0.6 is 11.6 Å². The number of aromatic nitrogens is 2. The Morgan fingerprint density at radius 1 is 1.14 bits per heavy atom. The van der Waals surface area contributed by atoms with Crippen molar-refractivity contribution in [1.82, 2.24) is 19.8 Å². The highest BCUT2D eigenvalue weighted by atomic mass is 35.5. The maximum Gasteiger partial charge on any atom is 0.268 e. The Hall–Kier alpha value is -2.86. The Morgan fingerprint density at radius 2 is 1.89 bits per heavy atom. The Morgan fingerprint density at radius 3 is 2.57 bits per heavy atom. The second-order valence-corrected chi connectivity index (χ2v) is 7.44. The molecule has 0 atom stereocenters. The van der Waals surface area contributed by atoms with Crippen molar-refractivity contribution in [2.75, 3.05) is 13.1 Å². The number of piperidine rings is 1. The minimum absolute atomic E-state index is 0.0531. The number of nitrogens with one attached hydrogen (secondary N) is 1. The van der Waals surface area contributed by atoms with E-state index in [0.717, 1.165) is 23.7 Å². The van der Waals surface area contributed by atoms with E-state index in [1.54, 1.807) is 17.0 Å². The van der Waals surface area contributed by atoms with Crippen LogP contribution in [-0.2, 0) is 7.05 Å². The highest BCUT2D eigenvalue weighted by Gasteiger charge is 2.25. The van der Waals surface area contributed by atoms with Crippen molar-refractivity contribution in [3.63, 3.8) is 0 Å². The molecule has 0 unspecified atom stereocenters. The molecule has 1 aliphatic heterocycles. The van der Waals surface area contributed by atoms with Gasteiger partial charge in [0.1, 0.15) is 10.8 Å². The number of likely N-dealkylation sites (tertiary alicyclic amines) is 1. The Kier molecular flexibility index (Phi) is 5.05. The summed E-state index contributed by atoms with van der Waals surface area (Å²) in [6.07, 6.45) is 2.95. The summed E-state index contributed by atoms with van der Waals surface area (Å²) in [4.78, 5) is 31.1. The van der Waals surface area contributed by atoms with Gasteiger partial charge in [-0.2, -0.15) is 0 Å². The topological polar surface area (TPSA) is 67.2 Å². The molecule has 4 rings (SSSR count). The van der Waals surface area contributed by atoms with Crippen LogP contribution in [0.3, 0.4) is 0 Å². The van der Waals surface area contributed by atoms with Crippen molar-refractivity contribution in [3.05, 3.63) is 65.1 Å². The van der Waals surface area contributed by atoms with E-state index in [-0.39, 0.29) is 17.9 Å². The highest BCUT2D eigenvalue weighted by Crippen LogP contribution is 2.19. The van der Waals surface area contributed by atoms with Crippen LogP contribution in [0.25, 0.3) is 10.9 Å². The molecule has 0 spiro atoms. The molecule has 144 valence electrons. The van der Waals surface area contributed by atoms with Gasteiger partial charge in [0.15, 0.2) is 0 Å². The van der Waals surface area contributed by atoms with E-state index in [1.165, 1.54) is 6.20 Å². The number of hydrogen-bond donors (Lipinski definition) is 1. The number of aryl methyl sites for hydroxylation is 1. The molecule has 28 heavy (non-hydrogen) atoms. The maximum atomic E-state index is 12.7. The van der Waals surface area contributed by atoms with Gasteiger partial charge in [-0.05, 0) is 37.1 Å². The van der Waals surface area contributed by atoms with Gasteiger partial charge in [-0.1, -0.05) is 29.8 Å². The standard InChI is InChI=1S/C21H21ClN4O2/c1-25-17-5-3-2-4-14(17)12-18(25)20(27)24-16-8-10-26(11-9-16)21(28)15-6-7-19(22)23-13-15/h2-7,12-13,16H,8-11H2,1H3,(H,24,27). The lowest BCUT2D eigenvalue weighted by Crippen LogP contribution is -2.46. The molecule has 2 amide bonds. The number of para-hydroxylation sites is 1. The molecule has 1 aromatic carbocycles. The first kappa shape index (κ1) is 18.5. The lowest BCUT2D eigenvalue weighted by atomic mass is 10.0. The number of hydrogen-bond acceptors (Lipinski definition) is 3. The largest absolute Gasteiger partial charge is 0.348 e. The predicted molar refractivity (Wildman–Crippen MR) is 109 cm³/mol. The normalized spacial score (nSPS) is 15.0. The Labute approximate surface area is 168 Å². The van der Waals surface area contributed by atoms with Gasteiger partial charge in [-0.3, -0.25) is 9.59 Å². The molecule has 3 aromatic rings. The Bertz CT molecular complexity index is 1020. The quantitative estimate of drug-likeness (QED) is 0.691. The van der Waals surface area contributed by atoms with Gasteiger partial charge in [0, 0.05) is 43.3 Å². The third-order valence-corrected chi connectivity index (χ3v) is 5.50. The van der Waals surface area contributed by atoms with Crippen molar-refractivity contribution in [1.29, 1.82) is 0 Å². The first-order valence-electron chi connectivity index (χ1n) is 9.29. The molecule has 1 saturated heterocycles. The van der Waals surface area contributed by atoms with E-state index in [4.69, 9.17) is 11.6 Å². The predicted octanol–water partition coefficient (Wildman–Crippen LogP) is 3.26. The van der Waals surface area contributed by atoms with Crippen LogP contribution in [0.5, 0.6) is 0 Å². The molecule has 1 fully saturated rings. The minimum Gasteiger partial charge on any atom is -0.348 e. The minimum atomic E-state index is -0.0784. The average molecular weight is 397 g/mol. The van der Waals surface area contributed by atoms with Crippen LogP contribution in [0, 0.1) is 0 Å². The maximum absolute atomic E-state index is 12.7. The molecular formula is C21H21ClN4O2. The first-order valence-corrected chi connectivity index (χ1v) is 9.67. The highest BCUT2D eigenvalue weighted by molar-refractivity contribution is 6.29. The Balaban J connectivity index is 1.37. The lowest BCUT2D eigenvalue weighted by Gasteiger charge is -2.32. The summed E-state index contributed by atoms with van der Waals surface area (Å²) in [5, 5.41) is 4.53. The zero-order valence-corrected chi connectivity index (χ0v) is 16.3. The van der Waals surface area contributed by atoms with E-state index in [1.807, 2.05) is 41.9 Å². The summed E-state index contributed by atoms with van der Waals surface area (Å²) in [6, 6.07) is 13.2. The second-order valence-electron chi connectivity index (χ2n) is 7.06. The van der Waals surface area contributed by atoms with Crippen molar-refractivity contribution >= 4 is 34.3 Å². The summed E-state index contributed by atoms with van der Waals surface area (Å²) >= 11 is 5.78. The van der Waals surface area contributed by atoms with Crippen molar-refractivity contribution in [3.8, 4) is 0 Å². The number of nitrogens with zero attached hydrogens (tertiary/aromatic N) is 3. The van der Waals surface area contributed by atoms with Gasteiger partial charge in [-0.25, -0.2) is 4.98 Å². The molecule has 0 radical (unpaired) electrons. The molecule has 3 heterocycles. The molecular weight excluding hydrogens is 376 g/mol. The summed E-state index contributed by atoms with van der Waals surface area (Å²) in [5.41, 5.74) is 2.21.